The lowest BCUT2D eigenvalue weighted by atomic mass is 10.1. The van der Waals surface area contributed by atoms with E-state index in [9.17, 15) is 13.2 Å². The van der Waals surface area contributed by atoms with E-state index in [-0.39, 0.29) is 23.7 Å². The molecule has 0 saturated carbocycles. The minimum atomic E-state index is -3.48. The van der Waals surface area contributed by atoms with Crippen LogP contribution in [0, 0.1) is 0 Å². The molecule has 5 heterocycles. The molecule has 4 aromatic rings. The zero-order valence-corrected chi connectivity index (χ0v) is 21.1. The van der Waals surface area contributed by atoms with Gasteiger partial charge in [0.15, 0.2) is 5.82 Å². The molecule has 0 atom stereocenters. The van der Waals surface area contributed by atoms with Crippen LogP contribution in [0.15, 0.2) is 43.1 Å². The first-order valence-corrected chi connectivity index (χ1v) is 13.3. The van der Waals surface area contributed by atoms with E-state index in [4.69, 9.17) is 4.74 Å². The zero-order valence-electron chi connectivity index (χ0n) is 20.2. The molecule has 0 bridgehead atoms. The van der Waals surface area contributed by atoms with Crippen LogP contribution in [0.1, 0.15) is 48.6 Å². The molecule has 4 aromatic heterocycles. The van der Waals surface area contributed by atoms with Crippen molar-refractivity contribution in [2.24, 2.45) is 0 Å². The summed E-state index contributed by atoms with van der Waals surface area (Å²) in [5, 5.41) is 7.74. The molecule has 1 amide bonds. The van der Waals surface area contributed by atoms with Crippen molar-refractivity contribution in [3.8, 4) is 11.4 Å². The topological polar surface area (TPSA) is 134 Å². The van der Waals surface area contributed by atoms with Gasteiger partial charge in [-0.05, 0) is 32.9 Å². The van der Waals surface area contributed by atoms with Crippen LogP contribution in [0.2, 0.25) is 0 Å². The van der Waals surface area contributed by atoms with E-state index in [0.29, 0.717) is 36.6 Å². The third-order valence-electron chi connectivity index (χ3n) is 6.09. The Bertz CT molecular complexity index is 1540. The Morgan fingerprint density at radius 1 is 1.19 bits per heavy atom. The summed E-state index contributed by atoms with van der Waals surface area (Å²) in [4.78, 5) is 26.3. The first kappa shape index (κ1) is 24.1. The second-order valence-electron chi connectivity index (χ2n) is 8.99. The van der Waals surface area contributed by atoms with Gasteiger partial charge in [0.25, 0.3) is 15.9 Å². The van der Waals surface area contributed by atoms with Crippen molar-refractivity contribution < 1.29 is 17.9 Å². The molecular formula is C24H27N7O4S. The summed E-state index contributed by atoms with van der Waals surface area (Å²) in [5.41, 5.74) is 3.54. The Kier molecular flexibility index (Phi) is 6.31. The van der Waals surface area contributed by atoms with E-state index in [0.717, 1.165) is 26.4 Å². The van der Waals surface area contributed by atoms with E-state index in [1.165, 1.54) is 12.4 Å². The number of aromatic nitrogens is 6. The van der Waals surface area contributed by atoms with Crippen molar-refractivity contribution in [3.63, 3.8) is 0 Å². The second-order valence-corrected chi connectivity index (χ2v) is 11.1. The standard InChI is InChI=1S/C24H27N7O4S/c1-4-36(33,34)31-11-16(9-27-31)23-25-6-5-17(28-23)7-18-8-22-20(10-26-18)21(12-30(22)15(2)3)24(32)29-19-13-35-14-19/h5-6,8-12,15,19H,4,7,13-14H2,1-3H3,(H,29,32). The van der Waals surface area contributed by atoms with E-state index in [1.807, 2.05) is 12.3 Å². The van der Waals surface area contributed by atoms with Gasteiger partial charge in [-0.3, -0.25) is 9.78 Å². The minimum Gasteiger partial charge on any atom is -0.377 e. The fraction of sp³-hybridized carbons (Fsp3) is 0.375. The smallest absolute Gasteiger partial charge is 0.253 e. The third-order valence-corrected chi connectivity index (χ3v) is 7.59. The zero-order chi connectivity index (χ0) is 25.4. The fourth-order valence-corrected chi connectivity index (χ4v) is 4.73. The number of nitrogens with zero attached hydrogens (tertiary/aromatic N) is 6. The van der Waals surface area contributed by atoms with Gasteiger partial charge in [0, 0.05) is 42.1 Å². The molecule has 1 aliphatic rings. The molecule has 0 spiro atoms. The van der Waals surface area contributed by atoms with Crippen molar-refractivity contribution in [2.45, 2.75) is 39.3 Å². The number of ether oxygens (including phenoxy) is 1. The van der Waals surface area contributed by atoms with Gasteiger partial charge in [0.05, 0.1) is 59.7 Å². The van der Waals surface area contributed by atoms with Crippen LogP contribution in [0.25, 0.3) is 22.3 Å². The minimum absolute atomic E-state index is 0.0447. The van der Waals surface area contributed by atoms with E-state index in [1.54, 1.807) is 25.4 Å². The Morgan fingerprint density at radius 2 is 2.00 bits per heavy atom. The number of pyridine rings is 1. The van der Waals surface area contributed by atoms with Gasteiger partial charge < -0.3 is 14.6 Å². The van der Waals surface area contributed by atoms with Crippen molar-refractivity contribution in [3.05, 3.63) is 60.1 Å². The highest BCUT2D eigenvalue weighted by Crippen LogP contribution is 2.26. The van der Waals surface area contributed by atoms with Crippen molar-refractivity contribution in [1.82, 2.24) is 34.0 Å². The van der Waals surface area contributed by atoms with E-state index < -0.39 is 10.0 Å². The average molecular weight is 510 g/mol. The van der Waals surface area contributed by atoms with Crippen molar-refractivity contribution in [2.75, 3.05) is 19.0 Å². The SMILES string of the molecule is CCS(=O)(=O)n1cc(-c2nccc(Cc3cc4c(cn3)c(C(=O)NC3COC3)cn4C(C)C)n2)cn1. The third kappa shape index (κ3) is 4.61. The van der Waals surface area contributed by atoms with Gasteiger partial charge in [-0.2, -0.15) is 9.19 Å². The van der Waals surface area contributed by atoms with Gasteiger partial charge in [0.2, 0.25) is 0 Å². The van der Waals surface area contributed by atoms with Gasteiger partial charge >= 0.3 is 0 Å². The van der Waals surface area contributed by atoms with Crippen LogP contribution in [0.5, 0.6) is 0 Å². The summed E-state index contributed by atoms with van der Waals surface area (Å²) in [6, 6.07) is 3.97. The maximum atomic E-state index is 12.9. The first-order valence-electron chi connectivity index (χ1n) is 11.7. The molecule has 1 N–H and O–H groups in total. The molecule has 0 unspecified atom stereocenters. The molecule has 188 valence electrons. The molecule has 1 saturated heterocycles. The quantitative estimate of drug-likeness (QED) is 0.382. The van der Waals surface area contributed by atoms with Gasteiger partial charge in [0.1, 0.15) is 0 Å². The van der Waals surface area contributed by atoms with Crippen LogP contribution in [-0.4, -0.2) is 68.0 Å². The largest absolute Gasteiger partial charge is 0.377 e. The molecule has 36 heavy (non-hydrogen) atoms. The van der Waals surface area contributed by atoms with Crippen molar-refractivity contribution in [1.29, 1.82) is 0 Å². The van der Waals surface area contributed by atoms with Crippen LogP contribution in [-0.2, 0) is 21.2 Å². The number of carbonyl (C=O) groups is 1. The predicted molar refractivity (Wildman–Crippen MR) is 133 cm³/mol. The van der Waals surface area contributed by atoms with Crippen LogP contribution >= 0.6 is 0 Å². The number of amides is 1. The molecule has 0 aromatic carbocycles. The molecular weight excluding hydrogens is 482 g/mol. The highest BCUT2D eigenvalue weighted by molar-refractivity contribution is 7.89. The molecule has 1 aliphatic heterocycles. The molecule has 12 heteroatoms. The molecule has 0 aliphatic carbocycles. The van der Waals surface area contributed by atoms with E-state index in [2.05, 4.69) is 43.8 Å². The lowest BCUT2D eigenvalue weighted by Gasteiger charge is -2.26. The number of carbonyl (C=O) groups excluding carboxylic acids is 1. The average Bonchev–Trinajstić information content (AvgIpc) is 3.47. The van der Waals surface area contributed by atoms with E-state index >= 15 is 0 Å². The molecule has 5 rings (SSSR count). The van der Waals surface area contributed by atoms with Gasteiger partial charge in [-0.25, -0.2) is 18.4 Å². The Balaban J connectivity index is 1.43. The lowest BCUT2D eigenvalue weighted by Crippen LogP contribution is -2.48. The summed E-state index contributed by atoms with van der Waals surface area (Å²) >= 11 is 0. The highest BCUT2D eigenvalue weighted by atomic mass is 32.2. The maximum Gasteiger partial charge on any atom is 0.253 e. The Labute approximate surface area is 208 Å². The predicted octanol–water partition coefficient (Wildman–Crippen LogP) is 2.19. The number of rotatable bonds is 8. The second kappa shape index (κ2) is 9.43. The summed E-state index contributed by atoms with van der Waals surface area (Å²) in [6.45, 7) is 6.76. The normalized spacial score (nSPS) is 14.3. The van der Waals surface area contributed by atoms with Crippen molar-refractivity contribution >= 4 is 26.8 Å². The summed E-state index contributed by atoms with van der Waals surface area (Å²) in [7, 11) is -3.48. The van der Waals surface area contributed by atoms with Gasteiger partial charge in [-0.1, -0.05) is 0 Å². The maximum absolute atomic E-state index is 12.9. The summed E-state index contributed by atoms with van der Waals surface area (Å²) < 4.78 is 32.3. The molecule has 0 radical (unpaired) electrons. The molecule has 1 fully saturated rings. The first-order chi connectivity index (χ1) is 17.2. The number of hydrogen-bond acceptors (Lipinski definition) is 8. The lowest BCUT2D eigenvalue weighted by molar-refractivity contribution is -0.00343. The summed E-state index contributed by atoms with van der Waals surface area (Å²) in [5.74, 6) is 0.198. The van der Waals surface area contributed by atoms with Crippen LogP contribution < -0.4 is 5.32 Å². The fourth-order valence-electron chi connectivity index (χ4n) is 4.00. The number of hydrogen-bond donors (Lipinski definition) is 1. The van der Waals surface area contributed by atoms with Crippen LogP contribution in [0.3, 0.4) is 0 Å². The number of nitrogens with one attached hydrogen (secondary N) is 1. The monoisotopic (exact) mass is 509 g/mol. The van der Waals surface area contributed by atoms with Crippen LogP contribution in [0.4, 0.5) is 0 Å². The summed E-state index contributed by atoms with van der Waals surface area (Å²) in [6.07, 6.45) is 8.54. The highest BCUT2D eigenvalue weighted by Gasteiger charge is 2.24. The van der Waals surface area contributed by atoms with Gasteiger partial charge in [-0.15, -0.1) is 0 Å². The Morgan fingerprint density at radius 3 is 2.69 bits per heavy atom. The Hall–Kier alpha value is -3.64. The number of fused-ring (bicyclic) bond motifs is 1. The molecule has 11 nitrogen and oxygen atoms in total.